The van der Waals surface area contributed by atoms with Crippen LogP contribution in [0.1, 0.15) is 28.0 Å². The van der Waals surface area contributed by atoms with Crippen LogP contribution in [0.25, 0.3) is 16.6 Å². The van der Waals surface area contributed by atoms with Gasteiger partial charge in [0, 0.05) is 69.1 Å². The quantitative estimate of drug-likeness (QED) is 0.185. The lowest BCUT2D eigenvalue weighted by atomic mass is 10.1. The minimum absolute atomic E-state index is 0.0619. The van der Waals surface area contributed by atoms with Crippen molar-refractivity contribution < 1.29 is 23.4 Å². The summed E-state index contributed by atoms with van der Waals surface area (Å²) in [5.41, 5.74) is 1.62. The van der Waals surface area contributed by atoms with E-state index in [0.717, 1.165) is 55.5 Å². The molecule has 2 aromatic heterocycles. The van der Waals surface area contributed by atoms with Crippen LogP contribution in [0.2, 0.25) is 0 Å². The van der Waals surface area contributed by atoms with Gasteiger partial charge in [-0.05, 0) is 55.8 Å². The number of benzene rings is 3. The fourth-order valence-corrected chi connectivity index (χ4v) is 5.67. The average Bonchev–Trinajstić information content (AvgIpc) is 3.11. The van der Waals surface area contributed by atoms with Gasteiger partial charge in [-0.25, -0.2) is 4.39 Å². The van der Waals surface area contributed by atoms with Gasteiger partial charge in [0.1, 0.15) is 5.75 Å². The maximum atomic E-state index is 15.5. The van der Waals surface area contributed by atoms with Crippen LogP contribution in [0.4, 0.5) is 4.39 Å². The molecule has 0 atom stereocenters. The number of nitrogens with one attached hydrogen (secondary N) is 1. The Balaban J connectivity index is 1.16. The predicted molar refractivity (Wildman–Crippen MR) is 185 cm³/mol. The highest BCUT2D eigenvalue weighted by Gasteiger charge is 2.18. The smallest absolute Gasteiger partial charge is 0.272 e. The largest absolute Gasteiger partial charge is 0.493 e. The molecule has 1 N–H and O–H groups in total. The zero-order valence-electron chi connectivity index (χ0n) is 27.8. The summed E-state index contributed by atoms with van der Waals surface area (Å²) in [7, 11) is 3.71. The third-order valence-electron chi connectivity index (χ3n) is 8.47. The van der Waals surface area contributed by atoms with Crippen LogP contribution in [-0.2, 0) is 6.54 Å². The number of pyridine rings is 1. The number of hydrogen-bond donors (Lipinski definition) is 1. The number of piperazine rings is 1. The summed E-state index contributed by atoms with van der Waals surface area (Å²) in [4.78, 5) is 35.1. The monoisotopic (exact) mass is 666 g/mol. The Morgan fingerprint density at radius 3 is 2.49 bits per heavy atom. The Kier molecular flexibility index (Phi) is 10.5. The van der Waals surface area contributed by atoms with E-state index < -0.39 is 17.3 Å². The van der Waals surface area contributed by atoms with Gasteiger partial charge in [0.2, 0.25) is 0 Å². The summed E-state index contributed by atoms with van der Waals surface area (Å²) >= 11 is 0. The lowest BCUT2D eigenvalue weighted by Gasteiger charge is -2.32. The van der Waals surface area contributed by atoms with Crippen LogP contribution < -0.4 is 25.1 Å². The second-order valence-corrected chi connectivity index (χ2v) is 12.0. The summed E-state index contributed by atoms with van der Waals surface area (Å²) < 4.78 is 34.3. The van der Waals surface area contributed by atoms with Crippen LogP contribution in [0.15, 0.2) is 83.8 Å². The van der Waals surface area contributed by atoms with E-state index in [1.165, 1.54) is 18.2 Å². The average molecular weight is 667 g/mol. The molecular weight excluding hydrogens is 627 g/mol. The van der Waals surface area contributed by atoms with Gasteiger partial charge >= 0.3 is 0 Å². The van der Waals surface area contributed by atoms with E-state index in [4.69, 9.17) is 14.2 Å². The molecule has 12 heteroatoms. The fourth-order valence-electron chi connectivity index (χ4n) is 5.67. The number of amides is 1. The molecule has 0 radical (unpaired) electrons. The number of aryl methyl sites for hydroxylation is 1. The minimum atomic E-state index is -0.723. The Morgan fingerprint density at radius 2 is 1.73 bits per heavy atom. The van der Waals surface area contributed by atoms with E-state index in [1.807, 2.05) is 30.3 Å². The molecule has 1 amide bonds. The number of carbonyl (C=O) groups excluding carboxylic acids is 1. The van der Waals surface area contributed by atoms with Gasteiger partial charge in [0.05, 0.1) is 24.9 Å². The first-order valence-electron chi connectivity index (χ1n) is 16.2. The van der Waals surface area contributed by atoms with Crippen molar-refractivity contribution in [1.82, 2.24) is 29.9 Å². The van der Waals surface area contributed by atoms with E-state index >= 15 is 4.39 Å². The normalized spacial score (nSPS) is 13.7. The second kappa shape index (κ2) is 15.3. The van der Waals surface area contributed by atoms with Crippen molar-refractivity contribution in [3.63, 3.8) is 0 Å². The molecule has 1 aliphatic rings. The van der Waals surface area contributed by atoms with Crippen molar-refractivity contribution in [2.45, 2.75) is 19.9 Å². The topological polar surface area (TPSA) is 111 Å². The van der Waals surface area contributed by atoms with Gasteiger partial charge in [-0.1, -0.05) is 30.3 Å². The summed E-state index contributed by atoms with van der Waals surface area (Å²) in [6.07, 6.45) is 2.46. The number of aromatic nitrogens is 3. The van der Waals surface area contributed by atoms with Crippen molar-refractivity contribution in [2.75, 3.05) is 53.5 Å². The maximum absolute atomic E-state index is 15.5. The summed E-state index contributed by atoms with van der Waals surface area (Å²) in [5, 5.41) is 7.70. The second-order valence-electron chi connectivity index (χ2n) is 12.0. The first-order valence-corrected chi connectivity index (χ1v) is 16.2. The molecule has 0 aliphatic carbocycles. The first-order chi connectivity index (χ1) is 23.8. The van der Waals surface area contributed by atoms with E-state index in [0.29, 0.717) is 46.9 Å². The number of likely N-dealkylation sites (N-methyl/N-ethyl adjacent to an activating group) is 1. The molecule has 11 nitrogen and oxygen atoms in total. The van der Waals surface area contributed by atoms with Gasteiger partial charge in [-0.3, -0.25) is 14.6 Å². The molecule has 0 saturated carbocycles. The highest BCUT2D eigenvalue weighted by molar-refractivity contribution is 5.93. The summed E-state index contributed by atoms with van der Waals surface area (Å²) in [6.45, 7) is 7.68. The minimum Gasteiger partial charge on any atom is -0.493 e. The fraction of sp³-hybridized carbons (Fsp3) is 0.297. The van der Waals surface area contributed by atoms with Crippen molar-refractivity contribution in [3.05, 3.63) is 112 Å². The van der Waals surface area contributed by atoms with Gasteiger partial charge < -0.3 is 29.3 Å². The van der Waals surface area contributed by atoms with Crippen molar-refractivity contribution >= 4 is 16.8 Å². The van der Waals surface area contributed by atoms with E-state index in [-0.39, 0.29) is 17.1 Å². The van der Waals surface area contributed by atoms with Crippen LogP contribution in [-0.4, -0.2) is 84.0 Å². The Hall–Kier alpha value is -5.33. The summed E-state index contributed by atoms with van der Waals surface area (Å²) in [5.74, 6) is 0.195. The van der Waals surface area contributed by atoms with Crippen molar-refractivity contribution in [2.24, 2.45) is 0 Å². The Bertz CT molecular complexity index is 2000. The van der Waals surface area contributed by atoms with Crippen LogP contribution in [0, 0.1) is 12.7 Å². The van der Waals surface area contributed by atoms with Gasteiger partial charge in [0.25, 0.3) is 11.5 Å². The maximum Gasteiger partial charge on any atom is 0.272 e. The van der Waals surface area contributed by atoms with E-state index in [1.54, 1.807) is 38.4 Å². The molecule has 0 spiro atoms. The molecule has 6 rings (SSSR count). The van der Waals surface area contributed by atoms with Crippen LogP contribution >= 0.6 is 0 Å². The first kappa shape index (κ1) is 33.6. The van der Waals surface area contributed by atoms with Crippen molar-refractivity contribution in [1.29, 1.82) is 0 Å². The molecular formula is C37H39FN6O5. The lowest BCUT2D eigenvalue weighted by Crippen LogP contribution is -2.44. The number of fused-ring (bicyclic) bond motifs is 1. The third-order valence-corrected chi connectivity index (χ3v) is 8.47. The predicted octanol–water partition coefficient (Wildman–Crippen LogP) is 4.98. The van der Waals surface area contributed by atoms with E-state index in [2.05, 4.69) is 32.2 Å². The molecule has 3 heterocycles. The number of ether oxygens (including phenoxy) is 3. The molecule has 254 valence electrons. The van der Waals surface area contributed by atoms with Crippen LogP contribution in [0.3, 0.4) is 0 Å². The number of methoxy groups -OCH3 is 1. The summed E-state index contributed by atoms with van der Waals surface area (Å²) in [6, 6.07) is 20.0. The van der Waals surface area contributed by atoms with E-state index in [9.17, 15) is 9.59 Å². The number of hydrogen-bond acceptors (Lipinski definition) is 9. The van der Waals surface area contributed by atoms with Gasteiger partial charge in [-0.2, -0.15) is 9.78 Å². The molecule has 1 fully saturated rings. The zero-order valence-corrected chi connectivity index (χ0v) is 27.8. The lowest BCUT2D eigenvalue weighted by molar-refractivity contribution is 0.0943. The molecule has 0 unspecified atom stereocenters. The molecule has 1 saturated heterocycles. The highest BCUT2D eigenvalue weighted by Crippen LogP contribution is 2.37. The Labute approximate surface area is 283 Å². The zero-order chi connectivity index (χ0) is 34.3. The molecule has 3 aromatic carbocycles. The number of nitrogens with zero attached hydrogens (tertiary/aromatic N) is 5. The number of halogens is 1. The van der Waals surface area contributed by atoms with Crippen LogP contribution in [0.5, 0.6) is 23.0 Å². The standard InChI is InChI=1S/C37H39FN6O5/c1-25-20-35(45)44(41-36(25)37(46)40-24-26-8-5-4-6-9-26)27-10-11-32(29(38)21-27)49-31-12-13-39-30-23-34(33(47-3)22-28(30)31)48-19-7-14-43-17-15-42(2)16-18-43/h4-6,8-13,20-23H,7,14-19,24H2,1-3H3,(H,40,46). The molecule has 49 heavy (non-hydrogen) atoms. The molecule has 5 aromatic rings. The Morgan fingerprint density at radius 1 is 0.939 bits per heavy atom. The third kappa shape index (κ3) is 8.04. The SMILES string of the molecule is COc1cc2c(Oc3ccc(-n4nc(C(=O)NCc5ccccc5)c(C)cc4=O)cc3F)ccnc2cc1OCCCN1CCN(C)CC1. The van der Waals surface area contributed by atoms with Gasteiger partial charge in [0.15, 0.2) is 28.8 Å². The molecule has 1 aliphatic heterocycles. The highest BCUT2D eigenvalue weighted by atomic mass is 19.1. The number of rotatable bonds is 12. The van der Waals surface area contributed by atoms with Crippen molar-refractivity contribution in [3.8, 4) is 28.7 Å². The van der Waals surface area contributed by atoms with Gasteiger partial charge in [-0.15, -0.1) is 0 Å². The number of carbonyl (C=O) groups is 1. The molecule has 0 bridgehead atoms.